The molecule has 21 heavy (non-hydrogen) atoms. The van der Waals surface area contributed by atoms with Gasteiger partial charge in [-0.15, -0.1) is 0 Å². The molecular weight excluding hydrogens is 300 g/mol. The number of halogens is 1. The van der Waals surface area contributed by atoms with E-state index >= 15 is 0 Å². The normalized spacial score (nSPS) is 22.8. The first-order valence-corrected chi connectivity index (χ1v) is 7.32. The van der Waals surface area contributed by atoms with Crippen molar-refractivity contribution in [1.82, 2.24) is 9.48 Å². The van der Waals surface area contributed by atoms with Gasteiger partial charge in [0.05, 0.1) is 39.0 Å². The van der Waals surface area contributed by atoms with Crippen LogP contribution in [-0.2, 0) is 19.0 Å². The predicted molar refractivity (Wildman–Crippen MR) is 78.8 cm³/mol. The van der Waals surface area contributed by atoms with Crippen LogP contribution in [0.2, 0.25) is 0 Å². The number of carbonyl (C=O) groups is 1. The lowest BCUT2D eigenvalue weighted by Crippen LogP contribution is -2.62. The van der Waals surface area contributed by atoms with Crippen molar-refractivity contribution >= 4 is 17.7 Å². The molecule has 7 nitrogen and oxygen atoms in total. The van der Waals surface area contributed by atoms with Gasteiger partial charge in [0.15, 0.2) is 0 Å². The third-order valence-electron chi connectivity index (χ3n) is 3.27. The van der Waals surface area contributed by atoms with Crippen molar-refractivity contribution in [1.29, 1.82) is 0 Å². The van der Waals surface area contributed by atoms with Gasteiger partial charge in [-0.2, -0.15) is 0 Å². The monoisotopic (exact) mass is 323 g/mol. The SMILES string of the molecule is COCCOCCOCCC1C(=O)N(Cl)CC(C)(C)N1[O-]. The summed E-state index contributed by atoms with van der Waals surface area (Å²) < 4.78 is 16.5. The van der Waals surface area contributed by atoms with Crippen LogP contribution in [0.5, 0.6) is 0 Å². The molecule has 1 fully saturated rings. The highest BCUT2D eigenvalue weighted by atomic mass is 35.5. The number of hydrogen-bond acceptors (Lipinski definition) is 6. The topological polar surface area (TPSA) is 74.3 Å². The minimum Gasteiger partial charge on any atom is -0.784 e. The molecule has 1 atom stereocenters. The Balaban J connectivity index is 2.25. The van der Waals surface area contributed by atoms with E-state index in [1.807, 2.05) is 0 Å². The number of carbonyl (C=O) groups excluding carboxylic acids is 1. The number of nitrogens with zero attached hydrogens (tertiary/aromatic N) is 2. The third-order valence-corrected chi connectivity index (χ3v) is 3.56. The highest BCUT2D eigenvalue weighted by Crippen LogP contribution is 2.27. The maximum atomic E-state index is 12.2. The zero-order chi connectivity index (χ0) is 15.9. The van der Waals surface area contributed by atoms with E-state index in [1.54, 1.807) is 21.0 Å². The maximum Gasteiger partial charge on any atom is 0.253 e. The fourth-order valence-electron chi connectivity index (χ4n) is 2.07. The molecule has 0 aromatic rings. The summed E-state index contributed by atoms with van der Waals surface area (Å²) >= 11 is 5.87. The Morgan fingerprint density at radius 3 is 2.43 bits per heavy atom. The second-order valence-electron chi connectivity index (χ2n) is 5.52. The molecule has 1 unspecified atom stereocenters. The van der Waals surface area contributed by atoms with Crippen molar-refractivity contribution in [2.75, 3.05) is 46.7 Å². The molecule has 0 bridgehead atoms. The van der Waals surface area contributed by atoms with E-state index in [0.29, 0.717) is 39.5 Å². The van der Waals surface area contributed by atoms with Gasteiger partial charge in [-0.1, -0.05) is 0 Å². The minimum absolute atomic E-state index is 0.210. The molecule has 1 heterocycles. The van der Waals surface area contributed by atoms with Crippen LogP contribution >= 0.6 is 11.8 Å². The number of rotatable bonds is 9. The minimum atomic E-state index is -0.791. The van der Waals surface area contributed by atoms with E-state index in [2.05, 4.69) is 0 Å². The lowest BCUT2D eigenvalue weighted by molar-refractivity contribution is -0.140. The van der Waals surface area contributed by atoms with E-state index in [9.17, 15) is 10.0 Å². The molecule has 0 aromatic heterocycles. The molecule has 0 spiro atoms. The number of piperazine rings is 1. The molecule has 1 amide bonds. The van der Waals surface area contributed by atoms with Gasteiger partial charge < -0.3 is 24.5 Å². The Kier molecular flexibility index (Phi) is 7.86. The summed E-state index contributed by atoms with van der Waals surface area (Å²) in [7, 11) is 1.61. The lowest BCUT2D eigenvalue weighted by Gasteiger charge is -2.53. The van der Waals surface area contributed by atoms with Gasteiger partial charge in [0.2, 0.25) is 0 Å². The first-order valence-electron chi connectivity index (χ1n) is 6.98. The molecule has 0 aliphatic carbocycles. The summed E-state index contributed by atoms with van der Waals surface area (Å²) in [6.45, 7) is 5.98. The standard InChI is InChI=1S/C13H24ClN2O5/c1-13(2)10-15(14)12(17)11(16(13)18)4-5-20-8-9-21-7-6-19-3/h11H,4-10H2,1-3H3/q-1. The summed E-state index contributed by atoms with van der Waals surface area (Å²) in [6, 6.07) is -0.791. The van der Waals surface area contributed by atoms with Crippen molar-refractivity contribution in [2.24, 2.45) is 0 Å². The highest BCUT2D eigenvalue weighted by Gasteiger charge is 2.39. The van der Waals surface area contributed by atoms with E-state index in [0.717, 1.165) is 9.48 Å². The summed E-state index contributed by atoms with van der Waals surface area (Å²) in [4.78, 5) is 11.9. The van der Waals surface area contributed by atoms with Crippen molar-refractivity contribution in [3.63, 3.8) is 0 Å². The van der Waals surface area contributed by atoms with Crippen molar-refractivity contribution in [2.45, 2.75) is 31.8 Å². The van der Waals surface area contributed by atoms with Crippen LogP contribution in [0.25, 0.3) is 0 Å². The number of methoxy groups -OCH3 is 1. The molecule has 1 aliphatic rings. The van der Waals surface area contributed by atoms with Gasteiger partial charge in [0, 0.05) is 31.0 Å². The third kappa shape index (κ3) is 5.69. The zero-order valence-electron chi connectivity index (χ0n) is 12.8. The van der Waals surface area contributed by atoms with Crippen LogP contribution in [0.1, 0.15) is 20.3 Å². The second-order valence-corrected chi connectivity index (χ2v) is 5.93. The van der Waals surface area contributed by atoms with Crippen LogP contribution in [0.15, 0.2) is 0 Å². The summed E-state index contributed by atoms with van der Waals surface area (Å²) in [5.74, 6) is -0.370. The van der Waals surface area contributed by atoms with E-state index in [4.69, 9.17) is 26.0 Å². The predicted octanol–water partition coefficient (Wildman–Crippen LogP) is 0.999. The molecule has 0 aromatic carbocycles. The quantitative estimate of drug-likeness (QED) is 0.465. The second kappa shape index (κ2) is 8.87. The van der Waals surface area contributed by atoms with Gasteiger partial charge in [-0.3, -0.25) is 9.21 Å². The average molecular weight is 324 g/mol. The summed E-state index contributed by atoms with van der Waals surface area (Å²) in [5, 5.41) is 13.0. The molecule has 8 heteroatoms. The Bertz CT molecular complexity index is 330. The Morgan fingerprint density at radius 2 is 1.81 bits per heavy atom. The van der Waals surface area contributed by atoms with Crippen LogP contribution in [0, 0.1) is 5.21 Å². The largest absolute Gasteiger partial charge is 0.784 e. The smallest absolute Gasteiger partial charge is 0.253 e. The van der Waals surface area contributed by atoms with Crippen LogP contribution < -0.4 is 0 Å². The van der Waals surface area contributed by atoms with Crippen molar-refractivity contribution in [3.05, 3.63) is 5.21 Å². The molecule has 1 saturated heterocycles. The van der Waals surface area contributed by atoms with Gasteiger partial charge in [-0.05, 0) is 20.3 Å². The summed E-state index contributed by atoms with van der Waals surface area (Å²) in [5.41, 5.74) is -0.691. The van der Waals surface area contributed by atoms with Crippen LogP contribution in [0.4, 0.5) is 0 Å². The van der Waals surface area contributed by atoms with Gasteiger partial charge in [-0.25, -0.2) is 0 Å². The van der Waals surface area contributed by atoms with E-state index < -0.39 is 11.6 Å². The molecule has 1 rings (SSSR count). The number of ether oxygens (including phenoxy) is 3. The van der Waals surface area contributed by atoms with Crippen molar-refractivity contribution < 1.29 is 19.0 Å². The fourth-order valence-corrected chi connectivity index (χ4v) is 2.48. The number of hydroxylamine groups is 2. The molecular formula is C13H24ClN2O5-. The Morgan fingerprint density at radius 1 is 1.24 bits per heavy atom. The van der Waals surface area contributed by atoms with Crippen LogP contribution in [0.3, 0.4) is 0 Å². The Labute approximate surface area is 130 Å². The van der Waals surface area contributed by atoms with Crippen LogP contribution in [-0.4, -0.2) is 73.7 Å². The fraction of sp³-hybridized carbons (Fsp3) is 0.923. The average Bonchev–Trinajstić information content (AvgIpc) is 2.42. The number of amides is 1. The van der Waals surface area contributed by atoms with Gasteiger partial charge in [0.1, 0.15) is 0 Å². The molecule has 1 aliphatic heterocycles. The first-order chi connectivity index (χ1) is 9.90. The molecule has 124 valence electrons. The van der Waals surface area contributed by atoms with Gasteiger partial charge in [0.25, 0.3) is 5.91 Å². The van der Waals surface area contributed by atoms with E-state index in [1.165, 1.54) is 0 Å². The molecule has 0 saturated carbocycles. The van der Waals surface area contributed by atoms with Crippen molar-refractivity contribution in [3.8, 4) is 0 Å². The summed E-state index contributed by atoms with van der Waals surface area (Å²) in [6.07, 6.45) is 0.313. The lowest BCUT2D eigenvalue weighted by atomic mass is 9.97. The van der Waals surface area contributed by atoms with E-state index in [-0.39, 0.29) is 12.5 Å². The maximum absolute atomic E-state index is 12.2. The molecule has 0 N–H and O–H groups in total. The highest BCUT2D eigenvalue weighted by molar-refractivity contribution is 6.22. The number of hydrogen-bond donors (Lipinski definition) is 0. The first kappa shape index (κ1) is 18.6. The molecule has 0 radical (unpaired) electrons. The Hall–Kier alpha value is -0.440. The van der Waals surface area contributed by atoms with Gasteiger partial charge >= 0.3 is 0 Å². The zero-order valence-corrected chi connectivity index (χ0v) is 13.6.